The first kappa shape index (κ1) is 17.7. The molecule has 1 aliphatic rings. The first-order valence-corrected chi connectivity index (χ1v) is 8.50. The normalized spacial score (nSPS) is 15.2. The van der Waals surface area contributed by atoms with Crippen LogP contribution >= 0.6 is 11.6 Å². The molecule has 0 saturated carbocycles. The Hall–Kier alpha value is -2.11. The van der Waals surface area contributed by atoms with E-state index >= 15 is 0 Å². The molecule has 3 rings (SSSR count). The summed E-state index contributed by atoms with van der Waals surface area (Å²) in [4.78, 5) is 4.48. The van der Waals surface area contributed by atoms with Crippen LogP contribution in [0.15, 0.2) is 41.4 Å². The average Bonchev–Trinajstić information content (AvgIpc) is 2.96. The fourth-order valence-corrected chi connectivity index (χ4v) is 2.82. The third kappa shape index (κ3) is 4.30. The van der Waals surface area contributed by atoms with E-state index in [9.17, 15) is 9.50 Å². The number of hydrogen-bond donors (Lipinski definition) is 3. The van der Waals surface area contributed by atoms with Crippen molar-refractivity contribution in [3.05, 3.63) is 58.4 Å². The van der Waals surface area contributed by atoms with E-state index in [0.29, 0.717) is 17.0 Å². The second kappa shape index (κ2) is 7.02. The van der Waals surface area contributed by atoms with Gasteiger partial charge in [-0.05, 0) is 43.7 Å². The molecule has 0 saturated heterocycles. The minimum atomic E-state index is -0.393. The van der Waals surface area contributed by atoms with E-state index in [2.05, 4.69) is 15.6 Å². The summed E-state index contributed by atoms with van der Waals surface area (Å²) >= 11 is 5.77. The first-order chi connectivity index (χ1) is 11.9. The van der Waals surface area contributed by atoms with Crippen LogP contribution < -0.4 is 10.6 Å². The number of benzene rings is 2. The van der Waals surface area contributed by atoms with E-state index in [-0.39, 0.29) is 19.0 Å². The molecule has 2 aromatic carbocycles. The van der Waals surface area contributed by atoms with Gasteiger partial charge in [-0.25, -0.2) is 4.39 Å². The van der Waals surface area contributed by atoms with Gasteiger partial charge in [0, 0.05) is 28.4 Å². The van der Waals surface area contributed by atoms with Crippen molar-refractivity contribution in [1.29, 1.82) is 0 Å². The molecular formula is C19H21ClFN3O. The number of anilines is 2. The van der Waals surface area contributed by atoms with E-state index in [1.54, 1.807) is 12.1 Å². The Bertz CT molecular complexity index is 820. The summed E-state index contributed by atoms with van der Waals surface area (Å²) < 4.78 is 13.8. The average molecular weight is 362 g/mol. The zero-order chi connectivity index (χ0) is 18.0. The van der Waals surface area contributed by atoms with Crippen LogP contribution in [0.4, 0.5) is 15.8 Å². The summed E-state index contributed by atoms with van der Waals surface area (Å²) in [6.07, 6.45) is 0.689. The van der Waals surface area contributed by atoms with Crippen LogP contribution in [-0.4, -0.2) is 23.1 Å². The molecule has 6 heteroatoms. The van der Waals surface area contributed by atoms with Crippen LogP contribution in [0.3, 0.4) is 0 Å². The van der Waals surface area contributed by atoms with Crippen LogP contribution in [0.2, 0.25) is 5.02 Å². The van der Waals surface area contributed by atoms with Crippen LogP contribution in [0.5, 0.6) is 0 Å². The molecule has 4 nitrogen and oxygen atoms in total. The Kier molecular flexibility index (Phi) is 4.97. The van der Waals surface area contributed by atoms with Crippen molar-refractivity contribution >= 4 is 28.8 Å². The zero-order valence-electron chi connectivity index (χ0n) is 14.2. The Labute approximate surface area is 151 Å². The number of amidine groups is 1. The Balaban J connectivity index is 1.70. The molecule has 25 heavy (non-hydrogen) atoms. The predicted molar refractivity (Wildman–Crippen MR) is 101 cm³/mol. The van der Waals surface area contributed by atoms with Crippen LogP contribution in [0, 0.1) is 5.82 Å². The molecule has 0 amide bonds. The van der Waals surface area contributed by atoms with Gasteiger partial charge in [-0.2, -0.15) is 0 Å². The second-order valence-corrected chi connectivity index (χ2v) is 7.28. The Morgan fingerprint density at radius 3 is 2.80 bits per heavy atom. The van der Waals surface area contributed by atoms with Gasteiger partial charge in [0.25, 0.3) is 0 Å². The van der Waals surface area contributed by atoms with E-state index in [4.69, 9.17) is 11.6 Å². The monoisotopic (exact) mass is 361 g/mol. The van der Waals surface area contributed by atoms with Gasteiger partial charge in [-0.15, -0.1) is 0 Å². The van der Waals surface area contributed by atoms with Crippen LogP contribution in [0.25, 0.3) is 0 Å². The topological polar surface area (TPSA) is 56.6 Å². The van der Waals surface area contributed by atoms with Crippen LogP contribution in [0.1, 0.15) is 25.0 Å². The predicted octanol–water partition coefficient (Wildman–Crippen LogP) is 4.23. The highest BCUT2D eigenvalue weighted by Gasteiger charge is 2.19. The number of rotatable bonds is 5. The highest BCUT2D eigenvalue weighted by atomic mass is 35.5. The number of halogens is 2. The van der Waals surface area contributed by atoms with Gasteiger partial charge in [0.05, 0.1) is 18.7 Å². The molecule has 0 aliphatic carbocycles. The molecule has 3 N–H and O–H groups in total. The van der Waals surface area contributed by atoms with Crippen molar-refractivity contribution in [3.8, 4) is 0 Å². The largest absolute Gasteiger partial charge is 0.394 e. The molecular weight excluding hydrogens is 341 g/mol. The van der Waals surface area contributed by atoms with Crippen molar-refractivity contribution in [3.63, 3.8) is 0 Å². The molecule has 1 heterocycles. The number of nitrogens with zero attached hydrogens (tertiary/aromatic N) is 1. The number of hydrogen-bond acceptors (Lipinski definition) is 3. The van der Waals surface area contributed by atoms with Crippen LogP contribution in [-0.2, 0) is 13.0 Å². The van der Waals surface area contributed by atoms with Crippen molar-refractivity contribution in [2.45, 2.75) is 32.4 Å². The maximum Gasteiger partial charge on any atom is 0.129 e. The lowest BCUT2D eigenvalue weighted by atomic mass is 10.1. The molecule has 0 fully saturated rings. The number of aliphatic hydroxyl groups excluding tert-OH is 1. The minimum Gasteiger partial charge on any atom is -0.394 e. The molecule has 0 atom stereocenters. The SMILES string of the molecule is CC(C)(CO)Nc1ccc2c(c1)NC(=NCc1ccc(Cl)cc1F)C2. The molecule has 0 unspecified atom stereocenters. The third-order valence-electron chi connectivity index (χ3n) is 4.08. The number of fused-ring (bicyclic) bond motifs is 1. The summed E-state index contributed by atoms with van der Waals surface area (Å²) in [5.41, 5.74) is 3.17. The molecule has 132 valence electrons. The van der Waals surface area contributed by atoms with Gasteiger partial charge in [-0.3, -0.25) is 4.99 Å². The van der Waals surface area contributed by atoms with Crippen molar-refractivity contribution in [1.82, 2.24) is 0 Å². The zero-order valence-corrected chi connectivity index (χ0v) is 15.0. The van der Waals surface area contributed by atoms with Gasteiger partial charge in [0.2, 0.25) is 0 Å². The van der Waals surface area contributed by atoms with E-state index in [1.165, 1.54) is 6.07 Å². The lowest BCUT2D eigenvalue weighted by Gasteiger charge is -2.25. The molecule has 0 bridgehead atoms. The lowest BCUT2D eigenvalue weighted by Crippen LogP contribution is -2.34. The Morgan fingerprint density at radius 2 is 2.08 bits per heavy atom. The highest BCUT2D eigenvalue weighted by Crippen LogP contribution is 2.28. The van der Waals surface area contributed by atoms with Crippen molar-refractivity contribution < 1.29 is 9.50 Å². The maximum atomic E-state index is 13.8. The summed E-state index contributed by atoms with van der Waals surface area (Å²) in [5.74, 6) is 0.466. The van der Waals surface area contributed by atoms with Crippen molar-refractivity contribution in [2.75, 3.05) is 17.2 Å². The Morgan fingerprint density at radius 1 is 1.28 bits per heavy atom. The quantitative estimate of drug-likeness (QED) is 0.747. The first-order valence-electron chi connectivity index (χ1n) is 8.12. The van der Waals surface area contributed by atoms with E-state index < -0.39 is 5.54 Å². The second-order valence-electron chi connectivity index (χ2n) is 6.84. The smallest absolute Gasteiger partial charge is 0.129 e. The minimum absolute atomic E-state index is 0.0386. The standard InChI is InChI=1S/C19H21ClFN3O/c1-19(2,11-25)24-15-6-4-12-7-18(23-17(12)9-15)22-10-13-3-5-14(20)8-16(13)21/h3-6,8-9,24-25H,7,10-11H2,1-2H3,(H,22,23). The summed E-state index contributed by atoms with van der Waals surface area (Å²) in [6, 6.07) is 10.6. The number of aliphatic imine (C=N–C) groups is 1. The highest BCUT2D eigenvalue weighted by molar-refractivity contribution is 6.30. The molecule has 0 aromatic heterocycles. The number of aliphatic hydroxyl groups is 1. The summed E-state index contributed by atoms with van der Waals surface area (Å²) in [5, 5.41) is 16.3. The third-order valence-corrected chi connectivity index (χ3v) is 4.32. The summed E-state index contributed by atoms with van der Waals surface area (Å²) in [6.45, 7) is 4.17. The van der Waals surface area contributed by atoms with Gasteiger partial charge < -0.3 is 15.7 Å². The van der Waals surface area contributed by atoms with Gasteiger partial charge in [0.15, 0.2) is 0 Å². The van der Waals surface area contributed by atoms with Gasteiger partial charge >= 0.3 is 0 Å². The summed E-state index contributed by atoms with van der Waals surface area (Å²) in [7, 11) is 0. The maximum absolute atomic E-state index is 13.8. The fraction of sp³-hybridized carbons (Fsp3) is 0.316. The lowest BCUT2D eigenvalue weighted by molar-refractivity contribution is 0.234. The fourth-order valence-electron chi connectivity index (χ4n) is 2.66. The molecule has 2 aromatic rings. The molecule has 1 aliphatic heterocycles. The van der Waals surface area contributed by atoms with Gasteiger partial charge in [0.1, 0.15) is 11.7 Å². The molecule has 0 spiro atoms. The van der Waals surface area contributed by atoms with E-state index in [1.807, 2.05) is 32.0 Å². The van der Waals surface area contributed by atoms with Gasteiger partial charge in [-0.1, -0.05) is 23.7 Å². The van der Waals surface area contributed by atoms with E-state index in [0.717, 1.165) is 22.8 Å². The van der Waals surface area contributed by atoms with Crippen molar-refractivity contribution in [2.24, 2.45) is 4.99 Å². The molecule has 0 radical (unpaired) electrons. The number of nitrogens with one attached hydrogen (secondary N) is 2.